The first-order valence-electron chi connectivity index (χ1n) is 7.91. The van der Waals surface area contributed by atoms with Gasteiger partial charge in [-0.1, -0.05) is 42.0 Å². The molecule has 4 heteroatoms. The highest BCUT2D eigenvalue weighted by Gasteiger charge is 2.21. The molecule has 24 heavy (non-hydrogen) atoms. The van der Waals surface area contributed by atoms with E-state index in [1.165, 1.54) is 5.56 Å². The fourth-order valence-corrected chi connectivity index (χ4v) is 2.76. The standard InChI is InChI=1S/C20H21N3O/c1-14-10-11-17(15(2)12-14)19-18(20(24)22(3)4)13-23(21-19)16-8-6-5-7-9-16/h5-13H,1-4H3. The van der Waals surface area contributed by atoms with Crippen LogP contribution in [0, 0.1) is 13.8 Å². The van der Waals surface area contributed by atoms with Crippen LogP contribution in [0.4, 0.5) is 0 Å². The summed E-state index contributed by atoms with van der Waals surface area (Å²) in [6, 6.07) is 16.0. The van der Waals surface area contributed by atoms with Gasteiger partial charge in [0.05, 0.1) is 11.3 Å². The lowest BCUT2D eigenvalue weighted by Crippen LogP contribution is -2.21. The van der Waals surface area contributed by atoms with E-state index < -0.39 is 0 Å². The third-order valence-electron chi connectivity index (χ3n) is 4.01. The lowest BCUT2D eigenvalue weighted by molar-refractivity contribution is 0.0828. The molecule has 4 nitrogen and oxygen atoms in total. The Morgan fingerprint density at radius 2 is 1.75 bits per heavy atom. The first-order chi connectivity index (χ1) is 11.5. The minimum Gasteiger partial charge on any atom is -0.345 e. The Morgan fingerprint density at radius 3 is 2.38 bits per heavy atom. The van der Waals surface area contributed by atoms with Gasteiger partial charge >= 0.3 is 0 Å². The van der Waals surface area contributed by atoms with Crippen LogP contribution in [-0.4, -0.2) is 34.7 Å². The van der Waals surface area contributed by atoms with Crippen LogP contribution in [0.5, 0.6) is 0 Å². The SMILES string of the molecule is Cc1ccc(-c2nn(-c3ccccc3)cc2C(=O)N(C)C)c(C)c1. The Kier molecular flexibility index (Phi) is 4.21. The molecular formula is C20H21N3O. The molecule has 1 amide bonds. The van der Waals surface area contributed by atoms with Crippen LogP contribution in [0.15, 0.2) is 54.7 Å². The van der Waals surface area contributed by atoms with Crippen LogP contribution in [0.2, 0.25) is 0 Å². The van der Waals surface area contributed by atoms with Crippen molar-refractivity contribution >= 4 is 5.91 Å². The van der Waals surface area contributed by atoms with Gasteiger partial charge < -0.3 is 4.90 Å². The Labute approximate surface area is 142 Å². The van der Waals surface area contributed by atoms with Gasteiger partial charge in [0.2, 0.25) is 0 Å². The number of carbonyl (C=O) groups is 1. The number of benzene rings is 2. The molecule has 1 aromatic heterocycles. The molecule has 3 rings (SSSR count). The van der Waals surface area contributed by atoms with E-state index in [0.29, 0.717) is 5.56 Å². The average Bonchev–Trinajstić information content (AvgIpc) is 2.99. The Bertz CT molecular complexity index is 879. The van der Waals surface area contributed by atoms with Gasteiger partial charge in [0.1, 0.15) is 5.69 Å². The highest BCUT2D eigenvalue weighted by atomic mass is 16.2. The number of nitrogens with zero attached hydrogens (tertiary/aromatic N) is 3. The second-order valence-corrected chi connectivity index (χ2v) is 6.19. The second-order valence-electron chi connectivity index (χ2n) is 6.19. The molecule has 122 valence electrons. The van der Waals surface area contributed by atoms with Crippen molar-refractivity contribution in [1.82, 2.24) is 14.7 Å². The number of rotatable bonds is 3. The second kappa shape index (κ2) is 6.32. The number of amides is 1. The summed E-state index contributed by atoms with van der Waals surface area (Å²) in [7, 11) is 3.52. The molecule has 0 N–H and O–H groups in total. The van der Waals surface area contributed by atoms with Crippen LogP contribution in [0.25, 0.3) is 16.9 Å². The number of aryl methyl sites for hydroxylation is 2. The highest BCUT2D eigenvalue weighted by Crippen LogP contribution is 2.28. The topological polar surface area (TPSA) is 38.1 Å². The predicted molar refractivity (Wildman–Crippen MR) is 96.5 cm³/mol. The summed E-state index contributed by atoms with van der Waals surface area (Å²) in [5.74, 6) is -0.0489. The molecular weight excluding hydrogens is 298 g/mol. The van der Waals surface area contributed by atoms with E-state index in [1.54, 1.807) is 23.7 Å². The first kappa shape index (κ1) is 16.0. The molecule has 1 heterocycles. The Morgan fingerprint density at radius 1 is 1.04 bits per heavy atom. The van der Waals surface area contributed by atoms with Crippen LogP contribution >= 0.6 is 0 Å². The quantitative estimate of drug-likeness (QED) is 0.735. The van der Waals surface area contributed by atoms with Gasteiger partial charge in [0.25, 0.3) is 5.91 Å². The third kappa shape index (κ3) is 2.95. The van der Waals surface area contributed by atoms with Gasteiger partial charge in [-0.15, -0.1) is 0 Å². The molecule has 0 unspecified atom stereocenters. The summed E-state index contributed by atoms with van der Waals surface area (Å²) in [6.07, 6.45) is 1.81. The molecule has 0 saturated carbocycles. The van der Waals surface area contributed by atoms with Gasteiger partial charge in [-0.2, -0.15) is 5.10 Å². The molecule has 0 saturated heterocycles. The monoisotopic (exact) mass is 319 g/mol. The van der Waals surface area contributed by atoms with Crippen molar-refractivity contribution in [3.05, 3.63) is 71.4 Å². The molecule has 0 radical (unpaired) electrons. The maximum atomic E-state index is 12.6. The molecule has 0 bridgehead atoms. The summed E-state index contributed by atoms with van der Waals surface area (Å²) in [6.45, 7) is 4.11. The van der Waals surface area contributed by atoms with Crippen molar-refractivity contribution in [1.29, 1.82) is 0 Å². The Hall–Kier alpha value is -2.88. The number of carbonyl (C=O) groups excluding carboxylic acids is 1. The summed E-state index contributed by atoms with van der Waals surface area (Å²) < 4.78 is 1.77. The molecule has 0 aliphatic heterocycles. The number of hydrogen-bond acceptors (Lipinski definition) is 2. The van der Waals surface area contributed by atoms with E-state index in [1.807, 2.05) is 55.6 Å². The van der Waals surface area contributed by atoms with E-state index in [4.69, 9.17) is 5.10 Å². The lowest BCUT2D eigenvalue weighted by atomic mass is 10.0. The zero-order valence-corrected chi connectivity index (χ0v) is 14.4. The first-order valence-corrected chi connectivity index (χ1v) is 7.91. The van der Waals surface area contributed by atoms with Gasteiger partial charge in [-0.25, -0.2) is 4.68 Å². The number of hydrogen-bond donors (Lipinski definition) is 0. The maximum Gasteiger partial charge on any atom is 0.257 e. The zero-order chi connectivity index (χ0) is 17.3. The van der Waals surface area contributed by atoms with Crippen molar-refractivity contribution in [2.45, 2.75) is 13.8 Å². The minimum atomic E-state index is -0.0489. The molecule has 0 atom stereocenters. The number of para-hydroxylation sites is 1. The van der Waals surface area contributed by atoms with Crippen molar-refractivity contribution in [2.75, 3.05) is 14.1 Å². The largest absolute Gasteiger partial charge is 0.345 e. The normalized spacial score (nSPS) is 10.7. The van der Waals surface area contributed by atoms with Crippen LogP contribution in [0.1, 0.15) is 21.5 Å². The fraction of sp³-hybridized carbons (Fsp3) is 0.200. The van der Waals surface area contributed by atoms with Gasteiger partial charge in [-0.05, 0) is 31.5 Å². The highest BCUT2D eigenvalue weighted by molar-refractivity contribution is 6.00. The van der Waals surface area contributed by atoms with Crippen molar-refractivity contribution in [3.8, 4) is 16.9 Å². The zero-order valence-electron chi connectivity index (χ0n) is 14.4. The smallest absolute Gasteiger partial charge is 0.257 e. The van der Waals surface area contributed by atoms with E-state index in [9.17, 15) is 4.79 Å². The van der Waals surface area contributed by atoms with E-state index >= 15 is 0 Å². The van der Waals surface area contributed by atoms with E-state index in [-0.39, 0.29) is 5.91 Å². The Balaban J connectivity index is 2.20. The summed E-state index contributed by atoms with van der Waals surface area (Å²) in [5, 5.41) is 4.71. The van der Waals surface area contributed by atoms with E-state index in [0.717, 1.165) is 22.5 Å². The average molecular weight is 319 g/mol. The van der Waals surface area contributed by atoms with Crippen molar-refractivity contribution < 1.29 is 4.79 Å². The van der Waals surface area contributed by atoms with Crippen molar-refractivity contribution in [2.24, 2.45) is 0 Å². The molecule has 3 aromatic rings. The molecule has 0 spiro atoms. The maximum absolute atomic E-state index is 12.6. The summed E-state index contributed by atoms with van der Waals surface area (Å²) in [4.78, 5) is 14.2. The summed E-state index contributed by atoms with van der Waals surface area (Å²) >= 11 is 0. The molecule has 2 aromatic carbocycles. The molecule has 0 aliphatic rings. The number of aromatic nitrogens is 2. The van der Waals surface area contributed by atoms with Crippen molar-refractivity contribution in [3.63, 3.8) is 0 Å². The minimum absolute atomic E-state index is 0.0489. The van der Waals surface area contributed by atoms with Crippen LogP contribution < -0.4 is 0 Å². The van der Waals surface area contributed by atoms with Gasteiger partial charge in [-0.3, -0.25) is 4.79 Å². The third-order valence-corrected chi connectivity index (χ3v) is 4.01. The van der Waals surface area contributed by atoms with Gasteiger partial charge in [0.15, 0.2) is 0 Å². The van der Waals surface area contributed by atoms with Gasteiger partial charge in [0, 0.05) is 25.9 Å². The van der Waals surface area contributed by atoms with Crippen LogP contribution in [-0.2, 0) is 0 Å². The molecule has 0 fully saturated rings. The van der Waals surface area contributed by atoms with E-state index in [2.05, 4.69) is 13.0 Å². The molecule has 0 aliphatic carbocycles. The van der Waals surface area contributed by atoms with Crippen LogP contribution in [0.3, 0.4) is 0 Å². The predicted octanol–water partition coefficient (Wildman–Crippen LogP) is 3.86. The lowest BCUT2D eigenvalue weighted by Gasteiger charge is -2.11. The summed E-state index contributed by atoms with van der Waals surface area (Å²) in [5.41, 5.74) is 5.55. The fourth-order valence-electron chi connectivity index (χ4n) is 2.76.